The average molecular weight is 326 g/mol. The quantitative estimate of drug-likeness (QED) is 0.749. The van der Waals surface area contributed by atoms with Crippen molar-refractivity contribution in [3.63, 3.8) is 0 Å². The molecule has 3 rings (SSSR count). The van der Waals surface area contributed by atoms with Crippen molar-refractivity contribution in [2.45, 2.75) is 13.5 Å². The molecule has 23 heavy (non-hydrogen) atoms. The van der Waals surface area contributed by atoms with Crippen LogP contribution in [0.1, 0.15) is 11.3 Å². The SMILES string of the molecule is Cc1nc(-c2ccccc2)nc(Nc2ccc(Cl)cc2)c1CO. The monoisotopic (exact) mass is 325 g/mol. The van der Waals surface area contributed by atoms with Crippen molar-refractivity contribution in [3.8, 4) is 11.4 Å². The summed E-state index contributed by atoms with van der Waals surface area (Å²) >= 11 is 5.91. The molecule has 0 fully saturated rings. The van der Waals surface area contributed by atoms with Gasteiger partial charge in [0.05, 0.1) is 6.61 Å². The lowest BCUT2D eigenvalue weighted by molar-refractivity contribution is 0.281. The predicted molar refractivity (Wildman–Crippen MR) is 92.9 cm³/mol. The van der Waals surface area contributed by atoms with Gasteiger partial charge in [0.15, 0.2) is 5.82 Å². The molecule has 0 radical (unpaired) electrons. The summed E-state index contributed by atoms with van der Waals surface area (Å²) in [6, 6.07) is 17.1. The minimum absolute atomic E-state index is 0.128. The van der Waals surface area contributed by atoms with Crippen LogP contribution in [0.25, 0.3) is 11.4 Å². The zero-order valence-electron chi connectivity index (χ0n) is 12.6. The average Bonchev–Trinajstić information content (AvgIpc) is 2.57. The highest BCUT2D eigenvalue weighted by Gasteiger charge is 2.12. The van der Waals surface area contributed by atoms with E-state index >= 15 is 0 Å². The molecule has 0 saturated heterocycles. The standard InChI is InChI=1S/C18H16ClN3O/c1-12-16(11-23)18(21-15-9-7-14(19)8-10-15)22-17(20-12)13-5-3-2-4-6-13/h2-10,23H,11H2,1H3,(H,20,21,22). The molecule has 0 aliphatic heterocycles. The molecule has 0 bridgehead atoms. The molecule has 116 valence electrons. The van der Waals surface area contributed by atoms with Gasteiger partial charge in [-0.2, -0.15) is 0 Å². The second-order valence-electron chi connectivity index (χ2n) is 5.12. The van der Waals surface area contributed by atoms with Crippen LogP contribution in [-0.2, 0) is 6.61 Å². The Morgan fingerprint density at radius 1 is 1.00 bits per heavy atom. The Morgan fingerprint density at radius 2 is 1.70 bits per heavy atom. The predicted octanol–water partition coefficient (Wildman–Crippen LogP) is 4.34. The van der Waals surface area contributed by atoms with Gasteiger partial charge in [0.2, 0.25) is 0 Å². The molecular formula is C18H16ClN3O. The van der Waals surface area contributed by atoms with Crippen LogP contribution in [-0.4, -0.2) is 15.1 Å². The number of aromatic nitrogens is 2. The maximum Gasteiger partial charge on any atom is 0.161 e. The third kappa shape index (κ3) is 3.50. The Kier molecular flexibility index (Phi) is 4.55. The number of rotatable bonds is 4. The molecule has 0 aliphatic rings. The summed E-state index contributed by atoms with van der Waals surface area (Å²) in [7, 11) is 0. The summed E-state index contributed by atoms with van der Waals surface area (Å²) < 4.78 is 0. The summed E-state index contributed by atoms with van der Waals surface area (Å²) in [4.78, 5) is 9.08. The summed E-state index contributed by atoms with van der Waals surface area (Å²) in [6.45, 7) is 1.74. The Balaban J connectivity index is 2.03. The van der Waals surface area contributed by atoms with E-state index in [2.05, 4.69) is 15.3 Å². The fourth-order valence-electron chi connectivity index (χ4n) is 2.28. The molecule has 0 spiro atoms. The van der Waals surface area contributed by atoms with Crippen molar-refractivity contribution in [2.75, 3.05) is 5.32 Å². The lowest BCUT2D eigenvalue weighted by Gasteiger charge is -2.13. The van der Waals surface area contributed by atoms with Crippen LogP contribution in [0.2, 0.25) is 5.02 Å². The number of hydrogen-bond donors (Lipinski definition) is 2. The molecule has 2 N–H and O–H groups in total. The fraction of sp³-hybridized carbons (Fsp3) is 0.111. The van der Waals surface area contributed by atoms with E-state index in [1.807, 2.05) is 49.4 Å². The molecule has 1 heterocycles. The van der Waals surface area contributed by atoms with E-state index in [9.17, 15) is 5.11 Å². The molecule has 2 aromatic carbocycles. The zero-order valence-corrected chi connectivity index (χ0v) is 13.4. The molecule has 3 aromatic rings. The molecule has 0 saturated carbocycles. The van der Waals surface area contributed by atoms with Crippen LogP contribution in [0, 0.1) is 6.92 Å². The highest BCUT2D eigenvalue weighted by atomic mass is 35.5. The van der Waals surface area contributed by atoms with Crippen LogP contribution < -0.4 is 5.32 Å². The van der Waals surface area contributed by atoms with Gasteiger partial charge in [-0.3, -0.25) is 0 Å². The van der Waals surface area contributed by atoms with Crippen LogP contribution in [0.5, 0.6) is 0 Å². The highest BCUT2D eigenvalue weighted by Crippen LogP contribution is 2.25. The second-order valence-corrected chi connectivity index (χ2v) is 5.55. The third-order valence-corrected chi connectivity index (χ3v) is 3.76. The third-order valence-electron chi connectivity index (χ3n) is 3.51. The van der Waals surface area contributed by atoms with Crippen molar-refractivity contribution >= 4 is 23.1 Å². The molecule has 0 amide bonds. The smallest absolute Gasteiger partial charge is 0.161 e. The van der Waals surface area contributed by atoms with Gasteiger partial charge in [-0.15, -0.1) is 0 Å². The van der Waals surface area contributed by atoms with Gasteiger partial charge in [0.25, 0.3) is 0 Å². The fourth-order valence-corrected chi connectivity index (χ4v) is 2.40. The largest absolute Gasteiger partial charge is 0.391 e. The van der Waals surface area contributed by atoms with Gasteiger partial charge in [0, 0.05) is 27.5 Å². The van der Waals surface area contributed by atoms with Crippen molar-refractivity contribution < 1.29 is 5.11 Å². The summed E-state index contributed by atoms with van der Waals surface area (Å²) in [5, 5.41) is 13.5. The summed E-state index contributed by atoms with van der Waals surface area (Å²) in [6.07, 6.45) is 0. The minimum atomic E-state index is -0.128. The molecule has 4 nitrogen and oxygen atoms in total. The number of aliphatic hydroxyl groups excluding tert-OH is 1. The first-order valence-electron chi connectivity index (χ1n) is 7.24. The molecule has 5 heteroatoms. The summed E-state index contributed by atoms with van der Waals surface area (Å²) in [5.74, 6) is 1.22. The first-order valence-corrected chi connectivity index (χ1v) is 7.61. The van der Waals surface area contributed by atoms with E-state index in [1.54, 1.807) is 12.1 Å². The molecule has 0 atom stereocenters. The van der Waals surface area contributed by atoms with Crippen LogP contribution in [0.3, 0.4) is 0 Å². The van der Waals surface area contributed by atoms with Crippen molar-refractivity contribution in [1.82, 2.24) is 9.97 Å². The van der Waals surface area contributed by atoms with Crippen molar-refractivity contribution in [2.24, 2.45) is 0 Å². The van der Waals surface area contributed by atoms with E-state index in [0.29, 0.717) is 22.2 Å². The van der Waals surface area contributed by atoms with Gasteiger partial charge >= 0.3 is 0 Å². The number of hydrogen-bond acceptors (Lipinski definition) is 4. The van der Waals surface area contributed by atoms with E-state index in [1.165, 1.54) is 0 Å². The van der Waals surface area contributed by atoms with E-state index in [0.717, 1.165) is 16.9 Å². The van der Waals surface area contributed by atoms with Crippen LogP contribution in [0.4, 0.5) is 11.5 Å². The van der Waals surface area contributed by atoms with Gasteiger partial charge in [0.1, 0.15) is 5.82 Å². The number of halogens is 1. The van der Waals surface area contributed by atoms with Crippen molar-refractivity contribution in [3.05, 3.63) is 70.9 Å². The normalized spacial score (nSPS) is 10.6. The molecule has 0 unspecified atom stereocenters. The topological polar surface area (TPSA) is 58.0 Å². The van der Waals surface area contributed by atoms with Gasteiger partial charge < -0.3 is 10.4 Å². The highest BCUT2D eigenvalue weighted by molar-refractivity contribution is 6.30. The number of nitrogens with one attached hydrogen (secondary N) is 1. The van der Waals surface area contributed by atoms with E-state index < -0.39 is 0 Å². The summed E-state index contributed by atoms with van der Waals surface area (Å²) in [5.41, 5.74) is 3.21. The number of aryl methyl sites for hydroxylation is 1. The van der Waals surface area contributed by atoms with Crippen molar-refractivity contribution in [1.29, 1.82) is 0 Å². The lowest BCUT2D eigenvalue weighted by atomic mass is 10.1. The number of nitrogens with zero attached hydrogens (tertiary/aromatic N) is 2. The number of aliphatic hydroxyl groups is 1. The zero-order chi connectivity index (χ0) is 16.2. The van der Waals surface area contributed by atoms with E-state index in [4.69, 9.17) is 11.6 Å². The van der Waals surface area contributed by atoms with Gasteiger partial charge in [-0.25, -0.2) is 9.97 Å². The van der Waals surface area contributed by atoms with Crippen LogP contribution in [0.15, 0.2) is 54.6 Å². The second kappa shape index (κ2) is 6.77. The Morgan fingerprint density at radius 3 is 2.35 bits per heavy atom. The molecule has 1 aromatic heterocycles. The number of anilines is 2. The first-order chi connectivity index (χ1) is 11.2. The lowest BCUT2D eigenvalue weighted by Crippen LogP contribution is -2.05. The van der Waals surface area contributed by atoms with Gasteiger partial charge in [-0.1, -0.05) is 41.9 Å². The maximum absolute atomic E-state index is 9.64. The maximum atomic E-state index is 9.64. The Bertz CT molecular complexity index is 805. The molecule has 0 aliphatic carbocycles. The van der Waals surface area contributed by atoms with Crippen LogP contribution >= 0.6 is 11.6 Å². The van der Waals surface area contributed by atoms with Gasteiger partial charge in [-0.05, 0) is 31.2 Å². The number of benzene rings is 2. The Labute approximate surface area is 139 Å². The first kappa shape index (κ1) is 15.5. The Hall–Kier alpha value is -2.43. The minimum Gasteiger partial charge on any atom is -0.391 e. The molecular weight excluding hydrogens is 310 g/mol. The van der Waals surface area contributed by atoms with E-state index in [-0.39, 0.29) is 6.61 Å².